The van der Waals surface area contributed by atoms with Crippen molar-refractivity contribution < 1.29 is 19.1 Å². The number of hydrogen-bond donors (Lipinski definition) is 2. The molecular formula is C33H57N3O4. The number of unbranched alkanes of at least 4 members (excludes halogenated alkanes) is 5. The molecule has 0 saturated carbocycles. The second kappa shape index (κ2) is 16.0. The summed E-state index contributed by atoms with van der Waals surface area (Å²) in [4.78, 5) is 42.9. The van der Waals surface area contributed by atoms with Gasteiger partial charge in [0.25, 0.3) is 0 Å². The Labute approximate surface area is 244 Å². The minimum Gasteiger partial charge on any atom is -0.444 e. The van der Waals surface area contributed by atoms with Crippen LogP contribution in [0.5, 0.6) is 0 Å². The van der Waals surface area contributed by atoms with Gasteiger partial charge in [0.05, 0.1) is 0 Å². The molecule has 0 radical (unpaired) electrons. The second-order valence-corrected chi connectivity index (χ2v) is 13.6. The first-order valence-electron chi connectivity index (χ1n) is 15.1. The Morgan fingerprint density at radius 2 is 1.52 bits per heavy atom. The summed E-state index contributed by atoms with van der Waals surface area (Å²) >= 11 is 0. The molecule has 2 N–H and O–H groups in total. The lowest BCUT2D eigenvalue weighted by molar-refractivity contribution is -0.143. The summed E-state index contributed by atoms with van der Waals surface area (Å²) in [5, 5.41) is 5.96. The fraction of sp³-hybridized carbons (Fsp3) is 0.727. The van der Waals surface area contributed by atoms with Crippen LogP contribution < -0.4 is 10.6 Å². The summed E-state index contributed by atoms with van der Waals surface area (Å²) in [5.41, 5.74) is 1.68. The van der Waals surface area contributed by atoms with E-state index in [0.29, 0.717) is 13.0 Å². The Morgan fingerprint density at radius 3 is 2.08 bits per heavy atom. The third-order valence-electron chi connectivity index (χ3n) is 6.73. The zero-order chi connectivity index (χ0) is 30.7. The molecule has 228 valence electrons. The number of benzene rings is 1. The minimum absolute atomic E-state index is 0.141. The first-order valence-corrected chi connectivity index (χ1v) is 15.1. The highest BCUT2D eigenvalue weighted by Gasteiger charge is 2.38. The SMILES string of the molecule is CCCCCCCCN(C(=O)C(CC(C)C)NC(=O)OC(C)(C)C)C(C(=O)NC(C)(C)C)c1cccc(C)c1C. The third-order valence-corrected chi connectivity index (χ3v) is 6.73. The standard InChI is InChI=1S/C33H57N3O4/c1-12-13-14-15-16-17-21-36(30(38)27(22-23(2)3)34-31(39)40-33(9,10)11)28(29(37)35-32(6,7)8)26-20-18-19-24(4)25(26)5/h18-20,23,27-28H,12-17,21-22H2,1-11H3,(H,34,39)(H,35,37). The van der Waals surface area contributed by atoms with Gasteiger partial charge in [0.15, 0.2) is 0 Å². The molecular weight excluding hydrogens is 502 g/mol. The van der Waals surface area contributed by atoms with Crippen LogP contribution in [0.25, 0.3) is 0 Å². The van der Waals surface area contributed by atoms with E-state index in [-0.39, 0.29) is 17.7 Å². The maximum absolute atomic E-state index is 14.4. The van der Waals surface area contributed by atoms with Crippen molar-refractivity contribution in [3.8, 4) is 0 Å². The molecule has 0 heterocycles. The van der Waals surface area contributed by atoms with E-state index < -0.39 is 29.3 Å². The van der Waals surface area contributed by atoms with Crippen LogP contribution in [0, 0.1) is 19.8 Å². The number of hydrogen-bond acceptors (Lipinski definition) is 4. The summed E-state index contributed by atoms with van der Waals surface area (Å²) in [6.45, 7) is 21.9. The van der Waals surface area contributed by atoms with Crippen LogP contribution >= 0.6 is 0 Å². The number of alkyl carbamates (subject to hydrolysis) is 1. The normalized spacial score (nSPS) is 13.5. The highest BCUT2D eigenvalue weighted by Crippen LogP contribution is 2.29. The Morgan fingerprint density at radius 1 is 0.925 bits per heavy atom. The van der Waals surface area contributed by atoms with Crippen molar-refractivity contribution in [2.75, 3.05) is 6.54 Å². The van der Waals surface area contributed by atoms with Crippen molar-refractivity contribution >= 4 is 17.9 Å². The van der Waals surface area contributed by atoms with Gasteiger partial charge in [-0.15, -0.1) is 0 Å². The average molecular weight is 560 g/mol. The van der Waals surface area contributed by atoms with Gasteiger partial charge in [-0.25, -0.2) is 4.79 Å². The molecule has 0 bridgehead atoms. The number of rotatable bonds is 14. The highest BCUT2D eigenvalue weighted by molar-refractivity contribution is 5.92. The Balaban J connectivity index is 3.56. The average Bonchev–Trinajstić information content (AvgIpc) is 2.79. The van der Waals surface area contributed by atoms with Crippen molar-refractivity contribution in [1.29, 1.82) is 0 Å². The highest BCUT2D eigenvalue weighted by atomic mass is 16.6. The predicted molar refractivity (Wildman–Crippen MR) is 164 cm³/mol. The summed E-state index contributed by atoms with van der Waals surface area (Å²) in [6, 6.07) is 4.26. The number of amides is 3. The van der Waals surface area contributed by atoms with Gasteiger partial charge in [-0.1, -0.05) is 71.1 Å². The number of aryl methyl sites for hydroxylation is 1. The van der Waals surface area contributed by atoms with E-state index in [1.54, 1.807) is 25.7 Å². The van der Waals surface area contributed by atoms with E-state index in [1.165, 1.54) is 12.8 Å². The van der Waals surface area contributed by atoms with Crippen LogP contribution in [0.2, 0.25) is 0 Å². The van der Waals surface area contributed by atoms with Crippen LogP contribution in [-0.4, -0.2) is 46.5 Å². The van der Waals surface area contributed by atoms with Crippen LogP contribution in [-0.2, 0) is 14.3 Å². The van der Waals surface area contributed by atoms with Gasteiger partial charge in [-0.3, -0.25) is 9.59 Å². The molecule has 40 heavy (non-hydrogen) atoms. The first kappa shape index (κ1) is 35.5. The molecule has 1 rings (SSSR count). The molecule has 0 aliphatic carbocycles. The third kappa shape index (κ3) is 12.7. The molecule has 0 spiro atoms. The molecule has 2 atom stereocenters. The molecule has 0 aliphatic rings. The maximum atomic E-state index is 14.4. The molecule has 1 aromatic rings. The van der Waals surface area contributed by atoms with Gasteiger partial charge in [0, 0.05) is 12.1 Å². The number of nitrogens with one attached hydrogen (secondary N) is 2. The van der Waals surface area contributed by atoms with Crippen molar-refractivity contribution in [1.82, 2.24) is 15.5 Å². The van der Waals surface area contributed by atoms with Crippen LogP contribution in [0.15, 0.2) is 18.2 Å². The molecule has 1 aromatic carbocycles. The van der Waals surface area contributed by atoms with Gasteiger partial charge in [-0.05, 0) is 90.8 Å². The van der Waals surface area contributed by atoms with Crippen molar-refractivity contribution in [2.24, 2.45) is 5.92 Å². The zero-order valence-electron chi connectivity index (χ0n) is 27.2. The van der Waals surface area contributed by atoms with E-state index in [2.05, 4.69) is 17.6 Å². The van der Waals surface area contributed by atoms with Gasteiger partial charge in [0.2, 0.25) is 11.8 Å². The Kier molecular flexibility index (Phi) is 14.2. The van der Waals surface area contributed by atoms with Crippen LogP contribution in [0.1, 0.15) is 130 Å². The van der Waals surface area contributed by atoms with E-state index in [1.807, 2.05) is 66.7 Å². The summed E-state index contributed by atoms with van der Waals surface area (Å²) < 4.78 is 5.51. The predicted octanol–water partition coefficient (Wildman–Crippen LogP) is 7.39. The van der Waals surface area contributed by atoms with E-state index >= 15 is 0 Å². The van der Waals surface area contributed by atoms with E-state index in [0.717, 1.165) is 42.4 Å². The van der Waals surface area contributed by atoms with Crippen LogP contribution in [0.4, 0.5) is 4.79 Å². The van der Waals surface area contributed by atoms with Crippen LogP contribution in [0.3, 0.4) is 0 Å². The fourth-order valence-corrected chi connectivity index (χ4v) is 4.73. The molecule has 0 saturated heterocycles. The molecule has 3 amide bonds. The maximum Gasteiger partial charge on any atom is 0.408 e. The molecule has 7 heteroatoms. The number of carbonyl (C=O) groups excluding carboxylic acids is 3. The molecule has 0 aromatic heterocycles. The van der Waals surface area contributed by atoms with Gasteiger partial charge in [0.1, 0.15) is 17.7 Å². The molecule has 0 fully saturated rings. The quantitative estimate of drug-likeness (QED) is 0.233. The Bertz CT molecular complexity index is 959. The monoisotopic (exact) mass is 559 g/mol. The lowest BCUT2D eigenvalue weighted by Gasteiger charge is -2.37. The van der Waals surface area contributed by atoms with Crippen molar-refractivity contribution in [2.45, 2.75) is 144 Å². The number of ether oxygens (including phenoxy) is 1. The summed E-state index contributed by atoms with van der Waals surface area (Å²) in [5.74, 6) is -0.341. The fourth-order valence-electron chi connectivity index (χ4n) is 4.73. The van der Waals surface area contributed by atoms with Gasteiger partial charge >= 0.3 is 6.09 Å². The Hall–Kier alpha value is -2.57. The van der Waals surface area contributed by atoms with Gasteiger partial charge < -0.3 is 20.3 Å². The van der Waals surface area contributed by atoms with E-state index in [9.17, 15) is 14.4 Å². The lowest BCUT2D eigenvalue weighted by Crippen LogP contribution is -2.55. The van der Waals surface area contributed by atoms with E-state index in [4.69, 9.17) is 4.74 Å². The summed E-state index contributed by atoms with van der Waals surface area (Å²) in [7, 11) is 0. The number of nitrogens with zero attached hydrogens (tertiary/aromatic N) is 1. The largest absolute Gasteiger partial charge is 0.444 e. The second-order valence-electron chi connectivity index (χ2n) is 13.6. The minimum atomic E-state index is -0.822. The lowest BCUT2D eigenvalue weighted by atomic mass is 9.93. The topological polar surface area (TPSA) is 87.7 Å². The van der Waals surface area contributed by atoms with Crippen molar-refractivity contribution in [3.05, 3.63) is 34.9 Å². The number of carbonyl (C=O) groups is 3. The summed E-state index contributed by atoms with van der Waals surface area (Å²) in [6.07, 6.45) is 6.16. The zero-order valence-corrected chi connectivity index (χ0v) is 27.2. The molecule has 7 nitrogen and oxygen atoms in total. The smallest absolute Gasteiger partial charge is 0.408 e. The first-order chi connectivity index (χ1) is 18.5. The van der Waals surface area contributed by atoms with Crippen molar-refractivity contribution in [3.63, 3.8) is 0 Å². The molecule has 0 aliphatic heterocycles. The molecule has 2 unspecified atom stereocenters. The van der Waals surface area contributed by atoms with Gasteiger partial charge in [-0.2, -0.15) is 0 Å².